The molecule has 1 heterocycles. The van der Waals surface area contributed by atoms with Gasteiger partial charge in [-0.15, -0.1) is 0 Å². The highest BCUT2D eigenvalue weighted by atomic mass is 79.9. The number of fused-ring (bicyclic) bond motifs is 1. The number of cyclic esters (lactones) is 1. The molecule has 0 aromatic heterocycles. The molecule has 0 unspecified atom stereocenters. The molecule has 3 rings (SSSR count). The van der Waals surface area contributed by atoms with Crippen molar-refractivity contribution in [3.63, 3.8) is 0 Å². The number of rotatable bonds is 3. The number of aliphatic hydroxyl groups is 1. The van der Waals surface area contributed by atoms with E-state index in [9.17, 15) is 24.3 Å². The van der Waals surface area contributed by atoms with Crippen LogP contribution in [-0.2, 0) is 28.6 Å². The van der Waals surface area contributed by atoms with Crippen LogP contribution in [0, 0.1) is 5.92 Å². The van der Waals surface area contributed by atoms with Crippen LogP contribution in [0.1, 0.15) is 17.3 Å². The number of carbonyl (C=O) groups is 4. The first kappa shape index (κ1) is 19.2. The van der Waals surface area contributed by atoms with Gasteiger partial charge in [-0.3, -0.25) is 9.59 Å². The fourth-order valence-electron chi connectivity index (χ4n) is 3.20. The Labute approximate surface area is 162 Å². The molecule has 0 radical (unpaired) electrons. The van der Waals surface area contributed by atoms with Crippen LogP contribution in [0.3, 0.4) is 0 Å². The van der Waals surface area contributed by atoms with Crippen LogP contribution in [-0.4, -0.2) is 54.2 Å². The Hall–Kier alpha value is -2.52. The molecule has 1 fully saturated rings. The van der Waals surface area contributed by atoms with Crippen molar-refractivity contribution in [3.05, 3.63) is 45.4 Å². The van der Waals surface area contributed by atoms with E-state index in [1.165, 1.54) is 19.1 Å². The zero-order valence-electron chi connectivity index (χ0n) is 14.4. The van der Waals surface area contributed by atoms with E-state index in [-0.39, 0.29) is 16.7 Å². The van der Waals surface area contributed by atoms with Gasteiger partial charge in [0.25, 0.3) is 0 Å². The molecule has 2 aliphatic rings. The molecule has 3 atom stereocenters. The van der Waals surface area contributed by atoms with Crippen molar-refractivity contribution in [1.29, 1.82) is 0 Å². The second-order valence-electron chi connectivity index (χ2n) is 6.31. The normalized spacial score (nSPS) is 27.1. The third kappa shape index (κ3) is 3.17. The number of methoxy groups -OCH3 is 1. The number of ether oxygens (including phenoxy) is 3. The summed E-state index contributed by atoms with van der Waals surface area (Å²) in [5.41, 5.74) is -2.33. The maximum atomic E-state index is 12.8. The van der Waals surface area contributed by atoms with E-state index in [4.69, 9.17) is 9.47 Å². The summed E-state index contributed by atoms with van der Waals surface area (Å²) < 4.78 is 15.5. The molecule has 9 heteroatoms. The number of halogens is 1. The van der Waals surface area contributed by atoms with Crippen LogP contribution < -0.4 is 0 Å². The van der Waals surface area contributed by atoms with E-state index in [2.05, 4.69) is 20.7 Å². The molecule has 1 aliphatic carbocycles. The summed E-state index contributed by atoms with van der Waals surface area (Å²) in [4.78, 5) is 49.3. The van der Waals surface area contributed by atoms with Gasteiger partial charge >= 0.3 is 17.9 Å². The average molecular weight is 439 g/mol. The smallest absolute Gasteiger partial charge is 0.338 e. The summed E-state index contributed by atoms with van der Waals surface area (Å²) in [6.07, 6.45) is -1.67. The van der Waals surface area contributed by atoms with Crippen LogP contribution in [0.25, 0.3) is 0 Å². The third-order valence-corrected chi connectivity index (χ3v) is 5.09. The van der Waals surface area contributed by atoms with Gasteiger partial charge in [-0.25, -0.2) is 9.59 Å². The summed E-state index contributed by atoms with van der Waals surface area (Å²) in [7, 11) is 1.12. The first-order chi connectivity index (χ1) is 12.7. The minimum absolute atomic E-state index is 0.154. The first-order valence-electron chi connectivity index (χ1n) is 7.89. The lowest BCUT2D eigenvalue weighted by molar-refractivity contribution is -0.160. The quantitative estimate of drug-likeness (QED) is 0.547. The van der Waals surface area contributed by atoms with E-state index < -0.39 is 47.9 Å². The summed E-state index contributed by atoms with van der Waals surface area (Å²) in [5, 5.41) is 10.8. The monoisotopic (exact) mass is 438 g/mol. The molecule has 1 saturated carbocycles. The topological polar surface area (TPSA) is 116 Å². The molecule has 0 amide bonds. The molecule has 27 heavy (non-hydrogen) atoms. The lowest BCUT2D eigenvalue weighted by atomic mass is 9.86. The van der Waals surface area contributed by atoms with Crippen molar-refractivity contribution in [2.24, 2.45) is 5.92 Å². The van der Waals surface area contributed by atoms with Crippen LogP contribution >= 0.6 is 15.9 Å². The number of benzene rings is 1. The highest BCUT2D eigenvalue weighted by molar-refractivity contribution is 9.10. The standard InChI is InChI=1S/C18H15BrO8/c1-18(24)12-11(10(16(22)25-2)7-26-17(12)23)13(20)14(18)27-15(21)8-3-5-9(19)6-4-8/h3-6,12,14,24H,7H2,1-2H3/t12-,14+,18-/m1/s1. The van der Waals surface area contributed by atoms with Gasteiger partial charge in [-0.05, 0) is 31.2 Å². The predicted octanol–water partition coefficient (Wildman–Crippen LogP) is 0.951. The van der Waals surface area contributed by atoms with E-state index in [1.807, 2.05) is 0 Å². The molecule has 0 bridgehead atoms. The molecule has 1 aromatic rings. The maximum Gasteiger partial charge on any atom is 0.338 e. The molecule has 8 nitrogen and oxygen atoms in total. The molecule has 1 N–H and O–H groups in total. The molecule has 1 aromatic carbocycles. The Morgan fingerprint density at radius 2 is 1.85 bits per heavy atom. The van der Waals surface area contributed by atoms with Crippen molar-refractivity contribution in [2.75, 3.05) is 13.7 Å². The SMILES string of the molecule is COC(=O)C1=C2C(=O)[C@H](OC(=O)c3ccc(Br)cc3)[C@](C)(O)[C@H]2C(=O)OC1. The molecule has 1 aliphatic heterocycles. The minimum Gasteiger partial charge on any atom is -0.466 e. The van der Waals surface area contributed by atoms with E-state index in [0.29, 0.717) is 0 Å². The van der Waals surface area contributed by atoms with Gasteiger partial charge in [-0.2, -0.15) is 0 Å². The van der Waals surface area contributed by atoms with Crippen molar-refractivity contribution >= 4 is 39.6 Å². The van der Waals surface area contributed by atoms with Crippen molar-refractivity contribution in [3.8, 4) is 0 Å². The van der Waals surface area contributed by atoms with Crippen molar-refractivity contribution in [1.82, 2.24) is 0 Å². The molecular formula is C18H15BrO8. The van der Waals surface area contributed by atoms with E-state index in [1.54, 1.807) is 12.1 Å². The molecular weight excluding hydrogens is 424 g/mol. The Balaban J connectivity index is 1.98. The van der Waals surface area contributed by atoms with Gasteiger partial charge in [0, 0.05) is 10.0 Å². The number of hydrogen-bond acceptors (Lipinski definition) is 8. The third-order valence-electron chi connectivity index (χ3n) is 4.56. The largest absolute Gasteiger partial charge is 0.466 e. The molecule has 0 saturated heterocycles. The second-order valence-corrected chi connectivity index (χ2v) is 7.22. The van der Waals surface area contributed by atoms with Gasteiger partial charge in [0.05, 0.1) is 18.2 Å². The Kier molecular flexibility index (Phi) is 4.92. The average Bonchev–Trinajstić information content (AvgIpc) is 2.83. The van der Waals surface area contributed by atoms with Gasteiger partial charge in [0.2, 0.25) is 5.78 Å². The summed E-state index contributed by atoms with van der Waals surface area (Å²) in [6.45, 7) is 0.732. The van der Waals surface area contributed by atoms with Gasteiger partial charge in [-0.1, -0.05) is 15.9 Å². The van der Waals surface area contributed by atoms with Crippen molar-refractivity contribution in [2.45, 2.75) is 18.6 Å². The molecule has 142 valence electrons. The summed E-state index contributed by atoms with van der Waals surface area (Å²) in [5.74, 6) is -4.86. The molecule has 0 spiro atoms. The van der Waals surface area contributed by atoms with Crippen molar-refractivity contribution < 1.29 is 38.5 Å². The zero-order chi connectivity index (χ0) is 19.9. The van der Waals surface area contributed by atoms with Gasteiger partial charge in [0.15, 0.2) is 6.10 Å². The Bertz CT molecular complexity index is 868. The lowest BCUT2D eigenvalue weighted by Crippen LogP contribution is -2.48. The number of hydrogen-bond donors (Lipinski definition) is 1. The predicted molar refractivity (Wildman–Crippen MR) is 92.5 cm³/mol. The summed E-state index contributed by atoms with van der Waals surface area (Å²) in [6, 6.07) is 6.17. The summed E-state index contributed by atoms with van der Waals surface area (Å²) >= 11 is 3.24. The van der Waals surface area contributed by atoms with Crippen LogP contribution in [0.2, 0.25) is 0 Å². The first-order valence-corrected chi connectivity index (χ1v) is 8.69. The van der Waals surface area contributed by atoms with Crippen LogP contribution in [0.15, 0.2) is 39.9 Å². The van der Waals surface area contributed by atoms with Gasteiger partial charge < -0.3 is 19.3 Å². The minimum atomic E-state index is -2.08. The fourth-order valence-corrected chi connectivity index (χ4v) is 3.47. The van der Waals surface area contributed by atoms with E-state index in [0.717, 1.165) is 11.6 Å². The van der Waals surface area contributed by atoms with E-state index >= 15 is 0 Å². The highest BCUT2D eigenvalue weighted by Crippen LogP contribution is 2.44. The number of esters is 3. The fraction of sp³-hybridized carbons (Fsp3) is 0.333. The van der Waals surface area contributed by atoms with Gasteiger partial charge in [0.1, 0.15) is 18.1 Å². The zero-order valence-corrected chi connectivity index (χ0v) is 15.9. The lowest BCUT2D eigenvalue weighted by Gasteiger charge is -2.30. The maximum absolute atomic E-state index is 12.8. The highest BCUT2D eigenvalue weighted by Gasteiger charge is 2.62. The number of ketones is 1. The van der Waals surface area contributed by atoms with Crippen LogP contribution in [0.5, 0.6) is 0 Å². The number of Topliss-reactive ketones (excluding diaryl/α,β-unsaturated/α-hetero) is 1. The second kappa shape index (κ2) is 6.90. The Morgan fingerprint density at radius 1 is 1.22 bits per heavy atom. The Morgan fingerprint density at radius 3 is 2.44 bits per heavy atom. The van der Waals surface area contributed by atoms with Crippen LogP contribution in [0.4, 0.5) is 0 Å². The number of carbonyl (C=O) groups excluding carboxylic acids is 4.